The largest absolute Gasteiger partial charge is 0.357 e. The Bertz CT molecular complexity index is 684. The minimum absolute atomic E-state index is 0. The van der Waals surface area contributed by atoms with Gasteiger partial charge in [0.1, 0.15) is 5.01 Å². The standard InChI is InChI=1S/C18H24N4S.HI/c1-4-19-18(22-15-10-12(15)2)20-11-16-13(3)21-17(23-16)14-8-6-5-7-9-14;/h5-9,12,15H,4,10-11H2,1-3H3,(H2,19,20,22);1H. The number of rotatable bonds is 5. The first-order valence-electron chi connectivity index (χ1n) is 8.24. The summed E-state index contributed by atoms with van der Waals surface area (Å²) in [6.07, 6.45) is 1.24. The number of thiazole rings is 1. The van der Waals surface area contributed by atoms with Gasteiger partial charge in [0.25, 0.3) is 0 Å². The highest BCUT2D eigenvalue weighted by molar-refractivity contribution is 14.0. The molecule has 0 aliphatic heterocycles. The first-order chi connectivity index (χ1) is 11.2. The van der Waals surface area contributed by atoms with Gasteiger partial charge in [0, 0.05) is 23.0 Å². The Balaban J connectivity index is 0.00000208. The number of halogens is 1. The Labute approximate surface area is 165 Å². The van der Waals surface area contributed by atoms with Gasteiger partial charge in [-0.15, -0.1) is 35.3 Å². The zero-order valence-corrected chi connectivity index (χ0v) is 17.5. The Morgan fingerprint density at radius 1 is 1.33 bits per heavy atom. The van der Waals surface area contributed by atoms with Crippen LogP contribution in [0.5, 0.6) is 0 Å². The lowest BCUT2D eigenvalue weighted by atomic mass is 10.2. The highest BCUT2D eigenvalue weighted by Crippen LogP contribution is 2.29. The molecule has 0 spiro atoms. The number of aliphatic imine (C=N–C) groups is 1. The van der Waals surface area contributed by atoms with E-state index in [0.29, 0.717) is 12.6 Å². The molecule has 1 heterocycles. The van der Waals surface area contributed by atoms with Crippen molar-refractivity contribution in [3.8, 4) is 10.6 Å². The van der Waals surface area contributed by atoms with Crippen LogP contribution in [0, 0.1) is 12.8 Å². The maximum Gasteiger partial charge on any atom is 0.191 e. The van der Waals surface area contributed by atoms with Gasteiger partial charge in [0.15, 0.2) is 5.96 Å². The van der Waals surface area contributed by atoms with Crippen molar-refractivity contribution >= 4 is 41.3 Å². The van der Waals surface area contributed by atoms with Gasteiger partial charge in [-0.25, -0.2) is 9.98 Å². The number of nitrogens with one attached hydrogen (secondary N) is 2. The van der Waals surface area contributed by atoms with Crippen LogP contribution in [0.3, 0.4) is 0 Å². The molecule has 1 saturated carbocycles. The molecule has 3 rings (SSSR count). The highest BCUT2D eigenvalue weighted by atomic mass is 127. The van der Waals surface area contributed by atoms with Crippen LogP contribution in [-0.4, -0.2) is 23.5 Å². The second-order valence-corrected chi connectivity index (χ2v) is 7.14. The van der Waals surface area contributed by atoms with Crippen LogP contribution in [0.25, 0.3) is 10.6 Å². The lowest BCUT2D eigenvalue weighted by molar-refractivity contribution is 0.767. The lowest BCUT2D eigenvalue weighted by Crippen LogP contribution is -2.39. The molecule has 2 aromatic rings. The average molecular weight is 456 g/mol. The second-order valence-electron chi connectivity index (χ2n) is 6.05. The molecular formula is C18H25IN4S. The van der Waals surface area contributed by atoms with Gasteiger partial charge in [-0.1, -0.05) is 37.3 Å². The molecule has 2 unspecified atom stereocenters. The van der Waals surface area contributed by atoms with Crippen molar-refractivity contribution in [3.05, 3.63) is 40.9 Å². The van der Waals surface area contributed by atoms with Crippen LogP contribution in [0.1, 0.15) is 30.8 Å². The van der Waals surface area contributed by atoms with E-state index in [-0.39, 0.29) is 24.0 Å². The molecule has 1 fully saturated rings. The molecule has 6 heteroatoms. The van der Waals surface area contributed by atoms with Gasteiger partial charge in [-0.2, -0.15) is 0 Å². The third kappa shape index (κ3) is 4.92. The lowest BCUT2D eigenvalue weighted by Gasteiger charge is -2.10. The van der Waals surface area contributed by atoms with Crippen LogP contribution in [0.2, 0.25) is 0 Å². The molecule has 4 nitrogen and oxygen atoms in total. The number of hydrogen-bond acceptors (Lipinski definition) is 3. The fourth-order valence-electron chi connectivity index (χ4n) is 2.45. The maximum absolute atomic E-state index is 4.73. The molecule has 130 valence electrons. The van der Waals surface area contributed by atoms with Gasteiger partial charge in [-0.05, 0) is 26.2 Å². The van der Waals surface area contributed by atoms with E-state index >= 15 is 0 Å². The predicted molar refractivity (Wildman–Crippen MR) is 113 cm³/mol. The van der Waals surface area contributed by atoms with Crippen LogP contribution < -0.4 is 10.6 Å². The van der Waals surface area contributed by atoms with E-state index in [2.05, 4.69) is 43.5 Å². The van der Waals surface area contributed by atoms with Crippen LogP contribution >= 0.6 is 35.3 Å². The summed E-state index contributed by atoms with van der Waals surface area (Å²) in [5.41, 5.74) is 2.25. The van der Waals surface area contributed by atoms with E-state index in [4.69, 9.17) is 9.98 Å². The van der Waals surface area contributed by atoms with Crippen molar-refractivity contribution in [1.29, 1.82) is 0 Å². The fourth-order valence-corrected chi connectivity index (χ4v) is 3.44. The number of guanidine groups is 1. The molecule has 2 atom stereocenters. The first kappa shape index (κ1) is 19.2. The van der Waals surface area contributed by atoms with E-state index in [0.717, 1.165) is 29.1 Å². The van der Waals surface area contributed by atoms with Gasteiger partial charge < -0.3 is 10.6 Å². The normalized spacial score (nSPS) is 19.5. The molecule has 0 amide bonds. The summed E-state index contributed by atoms with van der Waals surface area (Å²) in [5.74, 6) is 1.67. The number of aromatic nitrogens is 1. The summed E-state index contributed by atoms with van der Waals surface area (Å²) in [7, 11) is 0. The minimum Gasteiger partial charge on any atom is -0.357 e. The van der Waals surface area contributed by atoms with Gasteiger partial charge in [-0.3, -0.25) is 0 Å². The molecule has 24 heavy (non-hydrogen) atoms. The van der Waals surface area contributed by atoms with Gasteiger partial charge in [0.05, 0.1) is 12.2 Å². The van der Waals surface area contributed by atoms with E-state index < -0.39 is 0 Å². The molecule has 0 saturated heterocycles. The Hall–Kier alpha value is -1.15. The van der Waals surface area contributed by atoms with E-state index in [9.17, 15) is 0 Å². The Morgan fingerprint density at radius 3 is 2.67 bits per heavy atom. The van der Waals surface area contributed by atoms with E-state index in [1.54, 1.807) is 11.3 Å². The van der Waals surface area contributed by atoms with Gasteiger partial charge >= 0.3 is 0 Å². The number of aryl methyl sites for hydroxylation is 1. The van der Waals surface area contributed by atoms with Crippen molar-refractivity contribution in [2.24, 2.45) is 10.9 Å². The minimum atomic E-state index is 0. The SMILES string of the molecule is CCNC(=NCc1sc(-c2ccccc2)nc1C)NC1CC1C.I. The second kappa shape index (κ2) is 8.80. The quantitative estimate of drug-likeness (QED) is 0.403. The highest BCUT2D eigenvalue weighted by Gasteiger charge is 2.33. The molecule has 0 radical (unpaired) electrons. The third-order valence-corrected chi connectivity index (χ3v) is 5.26. The Morgan fingerprint density at radius 2 is 2.04 bits per heavy atom. The fraction of sp³-hybridized carbons (Fsp3) is 0.444. The van der Waals surface area contributed by atoms with Crippen molar-refractivity contribution in [2.45, 2.75) is 39.8 Å². The summed E-state index contributed by atoms with van der Waals surface area (Å²) >= 11 is 1.73. The van der Waals surface area contributed by atoms with Crippen LogP contribution in [-0.2, 0) is 6.54 Å². The van der Waals surface area contributed by atoms with Crippen LogP contribution in [0.15, 0.2) is 35.3 Å². The van der Waals surface area contributed by atoms with E-state index in [1.165, 1.54) is 16.9 Å². The summed E-state index contributed by atoms with van der Waals surface area (Å²) in [6.45, 7) is 7.98. The number of nitrogens with zero attached hydrogens (tertiary/aromatic N) is 2. The predicted octanol–water partition coefficient (Wildman–Crippen LogP) is 4.20. The zero-order valence-electron chi connectivity index (χ0n) is 14.4. The first-order valence-corrected chi connectivity index (χ1v) is 9.05. The van der Waals surface area contributed by atoms with Crippen molar-refractivity contribution in [2.75, 3.05) is 6.54 Å². The summed E-state index contributed by atoms with van der Waals surface area (Å²) < 4.78 is 0. The third-order valence-electron chi connectivity index (χ3n) is 4.07. The van der Waals surface area contributed by atoms with Crippen LogP contribution in [0.4, 0.5) is 0 Å². The molecule has 2 N–H and O–H groups in total. The van der Waals surface area contributed by atoms with Crippen molar-refractivity contribution in [1.82, 2.24) is 15.6 Å². The monoisotopic (exact) mass is 456 g/mol. The Kier molecular flexibility index (Phi) is 7.03. The molecule has 1 aromatic carbocycles. The molecule has 0 bridgehead atoms. The summed E-state index contributed by atoms with van der Waals surface area (Å²) in [4.78, 5) is 10.7. The van der Waals surface area contributed by atoms with E-state index in [1.807, 2.05) is 18.2 Å². The molecule has 1 aliphatic carbocycles. The zero-order chi connectivity index (χ0) is 16.2. The number of benzene rings is 1. The van der Waals surface area contributed by atoms with Crippen molar-refractivity contribution < 1.29 is 0 Å². The summed E-state index contributed by atoms with van der Waals surface area (Å²) in [6, 6.07) is 10.9. The molecule has 1 aromatic heterocycles. The topological polar surface area (TPSA) is 49.3 Å². The average Bonchev–Trinajstić information content (AvgIpc) is 3.11. The molecular weight excluding hydrogens is 431 g/mol. The smallest absolute Gasteiger partial charge is 0.191 e. The van der Waals surface area contributed by atoms with Gasteiger partial charge in [0.2, 0.25) is 0 Å². The van der Waals surface area contributed by atoms with Crippen molar-refractivity contribution in [3.63, 3.8) is 0 Å². The molecule has 1 aliphatic rings. The number of hydrogen-bond donors (Lipinski definition) is 2. The summed E-state index contributed by atoms with van der Waals surface area (Å²) in [5, 5.41) is 7.89. The maximum atomic E-state index is 4.73.